The quantitative estimate of drug-likeness (QED) is 0.833. The lowest BCUT2D eigenvalue weighted by atomic mass is 9.87. The minimum absolute atomic E-state index is 0.0297. The van der Waals surface area contributed by atoms with Crippen LogP contribution in [-0.4, -0.2) is 52.3 Å². The Bertz CT molecular complexity index is 438. The predicted octanol–water partition coefficient (Wildman–Crippen LogP) is 2.62. The molecule has 2 atom stereocenters. The second kappa shape index (κ2) is 7.07. The monoisotopic (exact) mass is 326 g/mol. The fraction of sp³-hybridized carbons (Fsp3) is 0.882. The summed E-state index contributed by atoms with van der Waals surface area (Å²) in [5.41, 5.74) is -0.620. The van der Waals surface area contributed by atoms with E-state index in [1.165, 1.54) is 17.7 Å². The van der Waals surface area contributed by atoms with Crippen molar-refractivity contribution < 1.29 is 19.4 Å². The van der Waals surface area contributed by atoms with Crippen LogP contribution < -0.4 is 5.32 Å². The molecular formula is C17H30N2O4. The van der Waals surface area contributed by atoms with Crippen LogP contribution in [0.4, 0.5) is 4.79 Å². The summed E-state index contributed by atoms with van der Waals surface area (Å²) in [4.78, 5) is 25.1. The second-order valence-corrected chi connectivity index (χ2v) is 8.04. The van der Waals surface area contributed by atoms with Crippen LogP contribution in [0, 0.1) is 5.92 Å². The van der Waals surface area contributed by atoms with Crippen LogP contribution in [0.25, 0.3) is 0 Å². The number of amides is 1. The van der Waals surface area contributed by atoms with Crippen LogP contribution >= 0.6 is 0 Å². The lowest BCUT2D eigenvalue weighted by Crippen LogP contribution is -2.44. The summed E-state index contributed by atoms with van der Waals surface area (Å²) >= 11 is 0. The van der Waals surface area contributed by atoms with Gasteiger partial charge < -0.3 is 15.2 Å². The lowest BCUT2D eigenvalue weighted by Gasteiger charge is -2.29. The molecule has 1 saturated heterocycles. The third-order valence-electron chi connectivity index (χ3n) is 4.70. The van der Waals surface area contributed by atoms with Crippen molar-refractivity contribution in [1.82, 2.24) is 10.2 Å². The summed E-state index contributed by atoms with van der Waals surface area (Å²) < 4.78 is 5.35. The third-order valence-corrected chi connectivity index (χ3v) is 4.70. The van der Waals surface area contributed by atoms with Crippen molar-refractivity contribution >= 4 is 12.1 Å². The molecular weight excluding hydrogens is 296 g/mol. The Balaban J connectivity index is 1.94. The molecule has 1 amide bonds. The summed E-state index contributed by atoms with van der Waals surface area (Å²) in [6.07, 6.45) is 4.58. The molecule has 1 aliphatic carbocycles. The standard InChI is InChI=1S/C17H30N2O4/c1-11-5-7-12(8-6-11)18-13-9-14(15(20)21)19(10-13)16(22)23-17(2,3)4/h11-14,18H,5-10H2,1-4H3,(H,20,21)/t11-,12+,13-,14+/m1/s1. The SMILES string of the molecule is CC(C)(C)OC(=O)N1C[C@H](N[C@H]2CC[C@@H](C)CC2)C[C@H]1C(=O)O. The van der Waals surface area contributed by atoms with Crippen molar-refractivity contribution in [2.24, 2.45) is 5.92 Å². The lowest BCUT2D eigenvalue weighted by molar-refractivity contribution is -0.142. The van der Waals surface area contributed by atoms with Crippen molar-refractivity contribution in [2.45, 2.75) is 83.5 Å². The van der Waals surface area contributed by atoms with Crippen molar-refractivity contribution in [3.05, 3.63) is 0 Å². The number of rotatable bonds is 3. The molecule has 0 unspecified atom stereocenters. The maximum absolute atomic E-state index is 12.3. The molecule has 2 fully saturated rings. The second-order valence-electron chi connectivity index (χ2n) is 8.04. The van der Waals surface area contributed by atoms with Crippen LogP contribution in [0.5, 0.6) is 0 Å². The zero-order chi connectivity index (χ0) is 17.2. The molecule has 2 N–H and O–H groups in total. The average molecular weight is 326 g/mol. The van der Waals surface area contributed by atoms with Crippen molar-refractivity contribution in [2.75, 3.05) is 6.54 Å². The molecule has 2 rings (SSSR count). The first-order valence-electron chi connectivity index (χ1n) is 8.64. The van der Waals surface area contributed by atoms with Gasteiger partial charge in [0.2, 0.25) is 0 Å². The Morgan fingerprint density at radius 2 is 1.74 bits per heavy atom. The molecule has 0 bridgehead atoms. The molecule has 132 valence electrons. The van der Waals surface area contributed by atoms with Gasteiger partial charge in [-0.3, -0.25) is 4.90 Å². The van der Waals surface area contributed by atoms with Crippen LogP contribution in [0.1, 0.15) is 59.8 Å². The van der Waals surface area contributed by atoms with E-state index in [4.69, 9.17) is 4.74 Å². The van der Waals surface area contributed by atoms with Gasteiger partial charge in [0.05, 0.1) is 0 Å². The van der Waals surface area contributed by atoms with E-state index in [-0.39, 0.29) is 6.04 Å². The van der Waals surface area contributed by atoms with E-state index in [1.54, 1.807) is 20.8 Å². The number of likely N-dealkylation sites (tertiary alicyclic amines) is 1. The van der Waals surface area contributed by atoms with Gasteiger partial charge in [-0.05, 0) is 58.8 Å². The number of hydrogen-bond acceptors (Lipinski definition) is 4. The number of hydrogen-bond donors (Lipinski definition) is 2. The first-order valence-corrected chi connectivity index (χ1v) is 8.64. The van der Waals surface area contributed by atoms with Gasteiger partial charge >= 0.3 is 12.1 Å². The molecule has 2 aliphatic rings. The van der Waals surface area contributed by atoms with Gasteiger partial charge in [-0.25, -0.2) is 9.59 Å². The normalized spacial score (nSPS) is 31.9. The Morgan fingerprint density at radius 1 is 1.13 bits per heavy atom. The topological polar surface area (TPSA) is 78.9 Å². The van der Waals surface area contributed by atoms with Gasteiger partial charge in [-0.2, -0.15) is 0 Å². The summed E-state index contributed by atoms with van der Waals surface area (Å²) in [7, 11) is 0. The van der Waals surface area contributed by atoms with Gasteiger partial charge in [-0.1, -0.05) is 6.92 Å². The number of nitrogens with one attached hydrogen (secondary N) is 1. The Labute approximate surface area is 138 Å². The number of ether oxygens (including phenoxy) is 1. The number of carboxylic acid groups (broad SMARTS) is 1. The molecule has 1 saturated carbocycles. The number of carbonyl (C=O) groups excluding carboxylic acids is 1. The third kappa shape index (κ3) is 5.09. The highest BCUT2D eigenvalue weighted by molar-refractivity contribution is 5.81. The zero-order valence-electron chi connectivity index (χ0n) is 14.7. The molecule has 0 radical (unpaired) electrons. The number of carbonyl (C=O) groups is 2. The van der Waals surface area contributed by atoms with E-state index in [9.17, 15) is 14.7 Å². The molecule has 0 spiro atoms. The molecule has 1 heterocycles. The average Bonchev–Trinajstić information content (AvgIpc) is 2.84. The Morgan fingerprint density at radius 3 is 2.26 bits per heavy atom. The Hall–Kier alpha value is -1.30. The fourth-order valence-corrected chi connectivity index (χ4v) is 3.47. The van der Waals surface area contributed by atoms with Crippen molar-refractivity contribution in [3.63, 3.8) is 0 Å². The molecule has 0 aromatic carbocycles. The highest BCUT2D eigenvalue weighted by Gasteiger charge is 2.42. The highest BCUT2D eigenvalue weighted by atomic mass is 16.6. The zero-order valence-corrected chi connectivity index (χ0v) is 14.7. The van der Waals surface area contributed by atoms with E-state index in [2.05, 4.69) is 12.2 Å². The molecule has 23 heavy (non-hydrogen) atoms. The van der Waals surface area contributed by atoms with E-state index >= 15 is 0 Å². The molecule has 6 nitrogen and oxygen atoms in total. The van der Waals surface area contributed by atoms with Crippen molar-refractivity contribution in [3.8, 4) is 0 Å². The van der Waals surface area contributed by atoms with E-state index < -0.39 is 23.7 Å². The van der Waals surface area contributed by atoms with Crippen LogP contribution in [0.15, 0.2) is 0 Å². The van der Waals surface area contributed by atoms with Gasteiger partial charge in [0.25, 0.3) is 0 Å². The highest BCUT2D eigenvalue weighted by Crippen LogP contribution is 2.26. The van der Waals surface area contributed by atoms with Crippen LogP contribution in [0.2, 0.25) is 0 Å². The Kier molecular flexibility index (Phi) is 5.55. The molecule has 0 aromatic heterocycles. The summed E-state index contributed by atoms with van der Waals surface area (Å²) in [5, 5.41) is 13.0. The number of nitrogens with zero attached hydrogens (tertiary/aromatic N) is 1. The van der Waals surface area contributed by atoms with E-state index in [0.29, 0.717) is 19.0 Å². The molecule has 6 heteroatoms. The largest absolute Gasteiger partial charge is 0.480 e. The maximum atomic E-state index is 12.3. The molecule has 0 aromatic rings. The number of aliphatic carboxylic acids is 1. The van der Waals surface area contributed by atoms with E-state index in [0.717, 1.165) is 18.8 Å². The number of carboxylic acids is 1. The summed E-state index contributed by atoms with van der Waals surface area (Å²) in [5.74, 6) is -0.181. The van der Waals surface area contributed by atoms with E-state index in [1.807, 2.05) is 0 Å². The van der Waals surface area contributed by atoms with Gasteiger partial charge in [0, 0.05) is 18.6 Å². The van der Waals surface area contributed by atoms with Gasteiger partial charge in [0.1, 0.15) is 11.6 Å². The minimum atomic E-state index is -0.961. The van der Waals surface area contributed by atoms with Crippen LogP contribution in [0.3, 0.4) is 0 Å². The first kappa shape index (κ1) is 18.0. The van der Waals surface area contributed by atoms with Crippen LogP contribution in [-0.2, 0) is 9.53 Å². The summed E-state index contributed by atoms with van der Waals surface area (Å²) in [6.45, 7) is 8.04. The van der Waals surface area contributed by atoms with Crippen molar-refractivity contribution in [1.29, 1.82) is 0 Å². The first-order chi connectivity index (χ1) is 10.7. The maximum Gasteiger partial charge on any atom is 0.411 e. The summed E-state index contributed by atoms with van der Waals surface area (Å²) in [6, 6.07) is -0.337. The van der Waals surface area contributed by atoms with Gasteiger partial charge in [0.15, 0.2) is 0 Å². The van der Waals surface area contributed by atoms with Gasteiger partial charge in [-0.15, -0.1) is 0 Å². The fourth-order valence-electron chi connectivity index (χ4n) is 3.47. The smallest absolute Gasteiger partial charge is 0.411 e. The predicted molar refractivity (Wildman–Crippen MR) is 87.3 cm³/mol. The molecule has 1 aliphatic heterocycles. The minimum Gasteiger partial charge on any atom is -0.480 e.